The van der Waals surface area contributed by atoms with E-state index in [0.29, 0.717) is 20.1 Å². The highest BCUT2D eigenvalue weighted by Gasteiger charge is 2.28. The topological polar surface area (TPSA) is 102 Å². The average molecular weight is 598 g/mol. The van der Waals surface area contributed by atoms with Crippen molar-refractivity contribution in [2.45, 2.75) is 37.5 Å². The van der Waals surface area contributed by atoms with E-state index in [9.17, 15) is 18.0 Å². The number of ether oxygens (including phenoxy) is 1. The molecule has 1 aliphatic carbocycles. The molecule has 1 heterocycles. The van der Waals surface area contributed by atoms with Crippen LogP contribution in [0.25, 0.3) is 0 Å². The van der Waals surface area contributed by atoms with Crippen molar-refractivity contribution >= 4 is 71.5 Å². The normalized spacial score (nSPS) is 13.1. The van der Waals surface area contributed by atoms with Crippen LogP contribution in [0.5, 0.6) is 0 Å². The molecule has 1 aliphatic rings. The van der Waals surface area contributed by atoms with Crippen molar-refractivity contribution in [1.29, 1.82) is 0 Å². The predicted molar refractivity (Wildman–Crippen MR) is 141 cm³/mol. The zero-order valence-electron chi connectivity index (χ0n) is 18.7. The average Bonchev–Trinajstić information content (AvgIpc) is 3.18. The number of amides is 1. The maximum Gasteiger partial charge on any atom is 0.341 e. The molecule has 184 valence electrons. The Labute approximate surface area is 221 Å². The number of halogens is 2. The fourth-order valence-electron chi connectivity index (χ4n) is 3.85. The Morgan fingerprint density at radius 2 is 1.83 bits per heavy atom. The standard InChI is InChI=1S/C24H22BrClN2O5S2/c1-2-33-24(30)21-17-5-3-4-6-20(17)34-23(21)27-22(29)18-13-14(25)7-12-19(18)28-35(31,32)16-10-8-15(26)9-11-16/h7-13,28H,2-6H2,1H3,(H,27,29). The first-order valence-electron chi connectivity index (χ1n) is 10.9. The Bertz CT molecular complexity index is 1390. The van der Waals surface area contributed by atoms with Gasteiger partial charge in [0.1, 0.15) is 5.00 Å². The molecule has 0 fully saturated rings. The number of esters is 1. The van der Waals surface area contributed by atoms with Crippen molar-refractivity contribution in [2.24, 2.45) is 0 Å². The van der Waals surface area contributed by atoms with Gasteiger partial charge in [0.15, 0.2) is 0 Å². The quantitative estimate of drug-likeness (QED) is 0.313. The van der Waals surface area contributed by atoms with Crippen molar-refractivity contribution in [3.8, 4) is 0 Å². The van der Waals surface area contributed by atoms with Gasteiger partial charge in [-0.15, -0.1) is 11.3 Å². The van der Waals surface area contributed by atoms with Gasteiger partial charge in [0, 0.05) is 14.4 Å². The van der Waals surface area contributed by atoms with Crippen LogP contribution in [0, 0.1) is 0 Å². The summed E-state index contributed by atoms with van der Waals surface area (Å²) in [6, 6.07) is 10.4. The number of hydrogen-bond acceptors (Lipinski definition) is 6. The Morgan fingerprint density at radius 3 is 2.54 bits per heavy atom. The molecular formula is C24H22BrClN2O5S2. The summed E-state index contributed by atoms with van der Waals surface area (Å²) >= 11 is 10.6. The SMILES string of the molecule is CCOC(=O)c1c(NC(=O)c2cc(Br)ccc2NS(=O)(=O)c2ccc(Cl)cc2)sc2c1CCCC2. The number of carbonyl (C=O) groups is 2. The van der Waals surface area contributed by atoms with Crippen LogP contribution in [0.4, 0.5) is 10.7 Å². The Morgan fingerprint density at radius 1 is 1.11 bits per heavy atom. The molecule has 4 rings (SSSR count). The first-order valence-corrected chi connectivity index (χ1v) is 14.4. The summed E-state index contributed by atoms with van der Waals surface area (Å²) in [5.74, 6) is -1.02. The highest BCUT2D eigenvalue weighted by Crippen LogP contribution is 2.39. The van der Waals surface area contributed by atoms with E-state index in [1.165, 1.54) is 47.7 Å². The monoisotopic (exact) mass is 596 g/mol. The Hall–Kier alpha value is -2.40. The Kier molecular flexibility index (Phi) is 7.85. The zero-order valence-corrected chi connectivity index (χ0v) is 22.7. The van der Waals surface area contributed by atoms with Gasteiger partial charge >= 0.3 is 5.97 Å². The molecule has 0 bridgehead atoms. The number of anilines is 2. The van der Waals surface area contributed by atoms with E-state index >= 15 is 0 Å². The molecule has 2 N–H and O–H groups in total. The van der Waals surface area contributed by atoms with Crippen LogP contribution >= 0.6 is 38.9 Å². The summed E-state index contributed by atoms with van der Waals surface area (Å²) in [7, 11) is -3.98. The lowest BCUT2D eigenvalue weighted by atomic mass is 9.95. The number of hydrogen-bond donors (Lipinski definition) is 2. The second-order valence-electron chi connectivity index (χ2n) is 7.84. The van der Waals surface area contributed by atoms with Gasteiger partial charge in [0.05, 0.1) is 28.3 Å². The van der Waals surface area contributed by atoms with E-state index in [4.69, 9.17) is 16.3 Å². The molecule has 35 heavy (non-hydrogen) atoms. The third-order valence-corrected chi connectivity index (χ3v) is 8.81. The van der Waals surface area contributed by atoms with Crippen LogP contribution < -0.4 is 10.0 Å². The minimum absolute atomic E-state index is 0.00621. The molecule has 3 aromatic rings. The van der Waals surface area contributed by atoms with Crippen molar-refractivity contribution < 1.29 is 22.7 Å². The predicted octanol–water partition coefficient (Wildman–Crippen LogP) is 6.27. The number of carbonyl (C=O) groups excluding carboxylic acids is 2. The maximum atomic E-state index is 13.4. The van der Waals surface area contributed by atoms with Crippen LogP contribution in [0.2, 0.25) is 5.02 Å². The van der Waals surface area contributed by atoms with E-state index in [0.717, 1.165) is 36.1 Å². The Balaban J connectivity index is 1.67. The lowest BCUT2D eigenvalue weighted by Gasteiger charge is -2.14. The molecule has 1 amide bonds. The largest absolute Gasteiger partial charge is 0.462 e. The first-order chi connectivity index (χ1) is 16.7. The number of fused-ring (bicyclic) bond motifs is 1. The van der Waals surface area contributed by atoms with E-state index in [1.54, 1.807) is 13.0 Å². The van der Waals surface area contributed by atoms with Gasteiger partial charge in [-0.25, -0.2) is 13.2 Å². The molecular weight excluding hydrogens is 576 g/mol. The zero-order chi connectivity index (χ0) is 25.2. The highest BCUT2D eigenvalue weighted by atomic mass is 79.9. The first kappa shape index (κ1) is 25.7. The molecule has 0 radical (unpaired) electrons. The molecule has 0 unspecified atom stereocenters. The summed E-state index contributed by atoms with van der Waals surface area (Å²) in [4.78, 5) is 27.2. The lowest BCUT2D eigenvalue weighted by Crippen LogP contribution is -2.19. The fraction of sp³-hybridized carbons (Fsp3) is 0.250. The van der Waals surface area contributed by atoms with Crippen LogP contribution in [-0.4, -0.2) is 26.9 Å². The number of sulfonamides is 1. The van der Waals surface area contributed by atoms with E-state index in [1.807, 2.05) is 0 Å². The van der Waals surface area contributed by atoms with Crippen molar-refractivity contribution in [1.82, 2.24) is 0 Å². The van der Waals surface area contributed by atoms with E-state index in [2.05, 4.69) is 26.0 Å². The van der Waals surface area contributed by atoms with Crippen LogP contribution in [-0.2, 0) is 27.6 Å². The number of aryl methyl sites for hydroxylation is 1. The fourth-order valence-corrected chi connectivity index (χ4v) is 6.69. The number of thiophene rings is 1. The van der Waals surface area contributed by atoms with Gasteiger partial charge in [-0.3, -0.25) is 9.52 Å². The van der Waals surface area contributed by atoms with E-state index in [-0.39, 0.29) is 22.8 Å². The highest BCUT2D eigenvalue weighted by molar-refractivity contribution is 9.10. The number of nitrogens with one attached hydrogen (secondary N) is 2. The molecule has 0 atom stereocenters. The summed E-state index contributed by atoms with van der Waals surface area (Å²) in [5, 5.41) is 3.64. The summed E-state index contributed by atoms with van der Waals surface area (Å²) in [6.07, 6.45) is 3.57. The van der Waals surface area contributed by atoms with Crippen LogP contribution in [0.3, 0.4) is 0 Å². The number of rotatable bonds is 7. The third kappa shape index (κ3) is 5.72. The van der Waals surface area contributed by atoms with E-state index < -0.39 is 21.9 Å². The van der Waals surface area contributed by atoms with Gasteiger partial charge in [0.2, 0.25) is 0 Å². The van der Waals surface area contributed by atoms with Gasteiger partial charge in [-0.1, -0.05) is 27.5 Å². The minimum atomic E-state index is -3.98. The molecule has 0 saturated carbocycles. The maximum absolute atomic E-state index is 13.4. The molecule has 11 heteroatoms. The summed E-state index contributed by atoms with van der Waals surface area (Å²) < 4.78 is 34.2. The van der Waals surface area contributed by atoms with Gasteiger partial charge in [-0.2, -0.15) is 0 Å². The second kappa shape index (κ2) is 10.7. The number of benzene rings is 2. The lowest BCUT2D eigenvalue weighted by molar-refractivity contribution is 0.0526. The molecule has 0 aliphatic heterocycles. The minimum Gasteiger partial charge on any atom is -0.462 e. The molecule has 1 aromatic heterocycles. The second-order valence-corrected chi connectivity index (χ2v) is 12.0. The van der Waals surface area contributed by atoms with Crippen molar-refractivity contribution in [3.63, 3.8) is 0 Å². The van der Waals surface area contributed by atoms with Gasteiger partial charge in [-0.05, 0) is 80.6 Å². The molecule has 0 saturated heterocycles. The van der Waals surface area contributed by atoms with Crippen molar-refractivity contribution in [2.75, 3.05) is 16.6 Å². The molecule has 0 spiro atoms. The summed E-state index contributed by atoms with van der Waals surface area (Å²) in [6.45, 7) is 1.95. The molecule has 7 nitrogen and oxygen atoms in total. The van der Waals surface area contributed by atoms with Crippen LogP contribution in [0.1, 0.15) is 50.9 Å². The van der Waals surface area contributed by atoms with Crippen molar-refractivity contribution in [3.05, 3.63) is 73.5 Å². The third-order valence-electron chi connectivity index (χ3n) is 5.47. The van der Waals surface area contributed by atoms with Gasteiger partial charge < -0.3 is 10.1 Å². The molecule has 2 aromatic carbocycles. The van der Waals surface area contributed by atoms with Crippen LogP contribution in [0.15, 0.2) is 51.8 Å². The van der Waals surface area contributed by atoms with Gasteiger partial charge in [0.25, 0.3) is 15.9 Å². The smallest absolute Gasteiger partial charge is 0.341 e. The summed E-state index contributed by atoms with van der Waals surface area (Å²) in [5.41, 5.74) is 1.50.